The van der Waals surface area contributed by atoms with Crippen molar-refractivity contribution in [3.05, 3.63) is 164 Å². The van der Waals surface area contributed by atoms with Gasteiger partial charge in [0.05, 0.1) is 27.9 Å². The number of aromatic nitrogens is 3. The lowest BCUT2D eigenvalue weighted by molar-refractivity contribution is 0.673. The molecule has 10 aromatic rings. The average molecular weight is 658 g/mol. The van der Waals surface area contributed by atoms with Crippen molar-refractivity contribution in [2.24, 2.45) is 0 Å². The Labute approximate surface area is 292 Å². The van der Waals surface area contributed by atoms with Gasteiger partial charge in [0, 0.05) is 37.7 Å². The molecule has 5 heteroatoms. The Bertz CT molecular complexity index is 2780. The summed E-state index contributed by atoms with van der Waals surface area (Å²) >= 11 is 1.71. The van der Waals surface area contributed by atoms with Gasteiger partial charge in [-0.15, -0.1) is 11.3 Å². The second-order valence-electron chi connectivity index (χ2n) is 12.4. The number of fused-ring (bicyclic) bond motifs is 7. The predicted octanol–water partition coefficient (Wildman–Crippen LogP) is 12.5. The molecule has 10 rings (SSSR count). The van der Waals surface area contributed by atoms with Crippen LogP contribution in [0.15, 0.2) is 168 Å². The Hall–Kier alpha value is -6.43. The first-order chi connectivity index (χ1) is 24.8. The topological polar surface area (TPSA) is 51.8 Å². The number of hydrogen-bond acceptors (Lipinski definition) is 5. The van der Waals surface area contributed by atoms with E-state index < -0.39 is 0 Å². The van der Waals surface area contributed by atoms with Crippen LogP contribution in [0.3, 0.4) is 0 Å². The molecule has 0 aliphatic heterocycles. The normalized spacial score (nSPS) is 11.6. The highest BCUT2D eigenvalue weighted by Gasteiger charge is 2.21. The fourth-order valence-electron chi connectivity index (χ4n) is 6.88. The smallest absolute Gasteiger partial charge is 0.160 e. The fraction of sp³-hybridized carbons (Fsp3) is 0. The third-order valence-corrected chi connectivity index (χ3v) is 10.4. The van der Waals surface area contributed by atoms with Crippen molar-refractivity contribution >= 4 is 53.6 Å². The Morgan fingerprint density at radius 2 is 0.960 bits per heavy atom. The first kappa shape index (κ1) is 28.6. The van der Waals surface area contributed by atoms with E-state index >= 15 is 0 Å². The highest BCUT2D eigenvalue weighted by atomic mass is 32.1. The maximum atomic E-state index is 6.56. The molecule has 0 bridgehead atoms. The minimum Gasteiger partial charge on any atom is -0.455 e. The molecule has 0 fully saturated rings. The molecule has 6 aromatic carbocycles. The standard InChI is InChI=1S/C45H27N3OS/c1-3-11-30(12-4-1)36-27-37(47-44(46-36)33-13-5-2-6-14-33)31-23-19-28(20-24-31)29-21-25-32(26-22-29)42-40-34-15-7-9-17-38(34)49-43(40)41-35-16-8-10-18-39(35)50-45(41)48-42/h1-27H. The number of pyridine rings is 1. The fourth-order valence-corrected chi connectivity index (χ4v) is 7.95. The van der Waals surface area contributed by atoms with E-state index in [-0.39, 0.29) is 0 Å². The highest BCUT2D eigenvalue weighted by Crippen LogP contribution is 2.44. The maximum Gasteiger partial charge on any atom is 0.160 e. The molecule has 0 atom stereocenters. The van der Waals surface area contributed by atoms with E-state index in [1.54, 1.807) is 11.3 Å². The van der Waals surface area contributed by atoms with E-state index in [9.17, 15) is 0 Å². The van der Waals surface area contributed by atoms with Gasteiger partial charge in [-0.05, 0) is 29.3 Å². The van der Waals surface area contributed by atoms with Crippen molar-refractivity contribution in [1.29, 1.82) is 0 Å². The number of hydrogen-bond donors (Lipinski definition) is 0. The minimum atomic E-state index is 0.712. The number of rotatable bonds is 5. The zero-order chi connectivity index (χ0) is 33.0. The predicted molar refractivity (Wildman–Crippen MR) is 207 cm³/mol. The van der Waals surface area contributed by atoms with E-state index in [0.717, 1.165) is 82.6 Å². The van der Waals surface area contributed by atoms with Gasteiger partial charge in [0.15, 0.2) is 5.82 Å². The van der Waals surface area contributed by atoms with Gasteiger partial charge < -0.3 is 4.42 Å². The second kappa shape index (κ2) is 11.6. The van der Waals surface area contributed by atoms with E-state index in [2.05, 4.69) is 115 Å². The molecule has 234 valence electrons. The van der Waals surface area contributed by atoms with Crippen molar-refractivity contribution in [3.63, 3.8) is 0 Å². The summed E-state index contributed by atoms with van der Waals surface area (Å²) < 4.78 is 7.77. The van der Waals surface area contributed by atoms with Crippen LogP contribution in [0.25, 0.3) is 98.5 Å². The van der Waals surface area contributed by atoms with Crippen LogP contribution in [0.5, 0.6) is 0 Å². The minimum absolute atomic E-state index is 0.712. The lowest BCUT2D eigenvalue weighted by atomic mass is 9.98. The molecule has 0 aliphatic carbocycles. The van der Waals surface area contributed by atoms with E-state index in [0.29, 0.717) is 5.82 Å². The van der Waals surface area contributed by atoms with Crippen LogP contribution < -0.4 is 0 Å². The number of thiophene rings is 1. The summed E-state index contributed by atoms with van der Waals surface area (Å²) in [6.45, 7) is 0. The van der Waals surface area contributed by atoms with Gasteiger partial charge in [0.1, 0.15) is 16.0 Å². The molecule has 4 aromatic heterocycles. The van der Waals surface area contributed by atoms with E-state index in [4.69, 9.17) is 19.4 Å². The Balaban J connectivity index is 1.03. The molecule has 4 nitrogen and oxygen atoms in total. The Kier molecular flexibility index (Phi) is 6.64. The van der Waals surface area contributed by atoms with Crippen molar-refractivity contribution in [3.8, 4) is 56.3 Å². The van der Waals surface area contributed by atoms with E-state index in [1.807, 2.05) is 48.5 Å². The largest absolute Gasteiger partial charge is 0.455 e. The first-order valence-corrected chi connectivity index (χ1v) is 17.4. The molecule has 0 amide bonds. The van der Waals surface area contributed by atoms with Gasteiger partial charge in [-0.3, -0.25) is 0 Å². The molecule has 0 radical (unpaired) electrons. The zero-order valence-electron chi connectivity index (χ0n) is 26.7. The first-order valence-electron chi connectivity index (χ1n) is 16.6. The van der Waals surface area contributed by atoms with Crippen LogP contribution in [0, 0.1) is 0 Å². The molecular formula is C45H27N3OS. The van der Waals surface area contributed by atoms with E-state index in [1.165, 1.54) is 10.1 Å². The van der Waals surface area contributed by atoms with Crippen LogP contribution in [0.2, 0.25) is 0 Å². The van der Waals surface area contributed by atoms with Crippen LogP contribution in [0.4, 0.5) is 0 Å². The van der Waals surface area contributed by atoms with Gasteiger partial charge in [-0.1, -0.05) is 146 Å². The third kappa shape index (κ3) is 4.79. The molecular weight excluding hydrogens is 631 g/mol. The van der Waals surface area contributed by atoms with Gasteiger partial charge in [-0.2, -0.15) is 0 Å². The molecule has 0 spiro atoms. The molecule has 0 unspecified atom stereocenters. The maximum absolute atomic E-state index is 6.56. The average Bonchev–Trinajstić information content (AvgIpc) is 3.77. The van der Waals surface area contributed by atoms with Crippen LogP contribution in [-0.2, 0) is 0 Å². The summed E-state index contributed by atoms with van der Waals surface area (Å²) in [5.74, 6) is 0.712. The number of para-hydroxylation sites is 1. The number of nitrogens with zero attached hydrogens (tertiary/aromatic N) is 3. The number of benzene rings is 6. The van der Waals surface area contributed by atoms with Crippen molar-refractivity contribution < 1.29 is 4.42 Å². The van der Waals surface area contributed by atoms with Gasteiger partial charge in [0.25, 0.3) is 0 Å². The van der Waals surface area contributed by atoms with Crippen molar-refractivity contribution in [2.45, 2.75) is 0 Å². The molecule has 4 heterocycles. The second-order valence-corrected chi connectivity index (χ2v) is 13.4. The summed E-state index contributed by atoms with van der Waals surface area (Å²) in [6, 6.07) is 56.6. The summed E-state index contributed by atoms with van der Waals surface area (Å²) in [4.78, 5) is 16.2. The Morgan fingerprint density at radius 1 is 0.420 bits per heavy atom. The lowest BCUT2D eigenvalue weighted by Gasteiger charge is -2.10. The van der Waals surface area contributed by atoms with Crippen LogP contribution >= 0.6 is 11.3 Å². The summed E-state index contributed by atoms with van der Waals surface area (Å²) in [5, 5.41) is 4.41. The summed E-state index contributed by atoms with van der Waals surface area (Å²) in [5.41, 5.74) is 10.9. The monoisotopic (exact) mass is 657 g/mol. The van der Waals surface area contributed by atoms with Gasteiger partial charge in [0.2, 0.25) is 0 Å². The van der Waals surface area contributed by atoms with Gasteiger partial charge >= 0.3 is 0 Å². The number of furan rings is 1. The van der Waals surface area contributed by atoms with Crippen molar-refractivity contribution in [1.82, 2.24) is 15.0 Å². The van der Waals surface area contributed by atoms with Crippen molar-refractivity contribution in [2.75, 3.05) is 0 Å². The molecule has 0 N–H and O–H groups in total. The molecule has 50 heavy (non-hydrogen) atoms. The summed E-state index contributed by atoms with van der Waals surface area (Å²) in [7, 11) is 0. The molecule has 0 aliphatic rings. The van der Waals surface area contributed by atoms with Gasteiger partial charge in [-0.25, -0.2) is 15.0 Å². The zero-order valence-corrected chi connectivity index (χ0v) is 27.6. The third-order valence-electron chi connectivity index (χ3n) is 9.35. The quantitative estimate of drug-likeness (QED) is 0.185. The molecule has 0 saturated heterocycles. The Morgan fingerprint density at radius 3 is 1.66 bits per heavy atom. The van der Waals surface area contributed by atoms with Crippen LogP contribution in [-0.4, -0.2) is 15.0 Å². The summed E-state index contributed by atoms with van der Waals surface area (Å²) in [6.07, 6.45) is 0. The van der Waals surface area contributed by atoms with Crippen LogP contribution in [0.1, 0.15) is 0 Å². The SMILES string of the molecule is c1ccc(-c2cc(-c3ccc(-c4ccc(-c5nc6sc7ccccc7c6c6oc7ccccc7c56)cc4)cc3)nc(-c3ccccc3)n2)cc1. The molecule has 0 saturated carbocycles. The lowest BCUT2D eigenvalue weighted by Crippen LogP contribution is -1.95. The highest BCUT2D eigenvalue weighted by molar-refractivity contribution is 7.25.